The maximum Gasteiger partial charge on any atom is 0.407 e. The number of amides is 1. The third-order valence-electron chi connectivity index (χ3n) is 5.25. The molecule has 0 bridgehead atoms. The van der Waals surface area contributed by atoms with E-state index in [0.29, 0.717) is 6.61 Å². The van der Waals surface area contributed by atoms with Crippen molar-refractivity contribution < 1.29 is 23.5 Å². The summed E-state index contributed by atoms with van der Waals surface area (Å²) in [5.41, 5.74) is 4.65. The summed E-state index contributed by atoms with van der Waals surface area (Å²) in [4.78, 5) is 24.3. The average molecular weight is 412 g/mol. The van der Waals surface area contributed by atoms with Gasteiger partial charge in [-0.05, 0) is 29.2 Å². The van der Waals surface area contributed by atoms with Crippen LogP contribution in [0, 0.1) is 0 Å². The smallest absolute Gasteiger partial charge is 0.407 e. The predicted octanol–water partition coefficient (Wildman–Crippen LogP) is 3.55. The molecule has 3 rings (SSSR count). The second-order valence-electron chi connectivity index (χ2n) is 8.73. The fourth-order valence-corrected chi connectivity index (χ4v) is 3.71. The van der Waals surface area contributed by atoms with Crippen LogP contribution >= 0.6 is 0 Å². The zero-order valence-corrected chi connectivity index (χ0v) is 18.2. The van der Waals surface area contributed by atoms with Gasteiger partial charge in [0.05, 0.1) is 34.3 Å². The molecule has 1 unspecified atom stereocenters. The first kappa shape index (κ1) is 21.8. The molecule has 30 heavy (non-hydrogen) atoms. The van der Waals surface area contributed by atoms with Crippen LogP contribution in [0.15, 0.2) is 48.5 Å². The molecule has 160 valence electrons. The van der Waals surface area contributed by atoms with Crippen LogP contribution in [0.2, 0.25) is 0 Å². The minimum atomic E-state index is -0.759. The van der Waals surface area contributed by atoms with Gasteiger partial charge in [0.25, 0.3) is 0 Å². The summed E-state index contributed by atoms with van der Waals surface area (Å²) in [5, 5.41) is 2.57. The Hall–Kier alpha value is -2.86. The van der Waals surface area contributed by atoms with Gasteiger partial charge < -0.3 is 19.3 Å². The number of nitrogens with one attached hydrogen (secondary N) is 1. The number of hydrogen-bond donors (Lipinski definition) is 1. The Balaban J connectivity index is 1.49. The van der Waals surface area contributed by atoms with Gasteiger partial charge in [-0.3, -0.25) is 0 Å². The summed E-state index contributed by atoms with van der Waals surface area (Å²) >= 11 is 0. The van der Waals surface area contributed by atoms with Crippen molar-refractivity contribution >= 4 is 12.1 Å². The van der Waals surface area contributed by atoms with Crippen LogP contribution in [-0.2, 0) is 14.3 Å². The molecule has 6 nitrogen and oxygen atoms in total. The van der Waals surface area contributed by atoms with E-state index in [1.807, 2.05) is 24.3 Å². The monoisotopic (exact) mass is 411 g/mol. The molecule has 1 aliphatic carbocycles. The molecule has 1 N–H and O–H groups in total. The van der Waals surface area contributed by atoms with Gasteiger partial charge in [0.1, 0.15) is 12.6 Å². The summed E-state index contributed by atoms with van der Waals surface area (Å²) in [6.07, 6.45) is 0.153. The first-order valence-electron chi connectivity index (χ1n) is 10.3. The van der Waals surface area contributed by atoms with E-state index >= 15 is 0 Å². The molecule has 2 aromatic carbocycles. The van der Waals surface area contributed by atoms with Crippen LogP contribution in [0.5, 0.6) is 0 Å². The quantitative estimate of drug-likeness (QED) is 0.410. The van der Waals surface area contributed by atoms with Crippen molar-refractivity contribution in [2.45, 2.75) is 25.3 Å². The van der Waals surface area contributed by atoms with E-state index in [4.69, 9.17) is 9.47 Å². The highest BCUT2D eigenvalue weighted by atomic mass is 16.6. The molecule has 2 aromatic rings. The van der Waals surface area contributed by atoms with Crippen molar-refractivity contribution in [3.8, 4) is 11.1 Å². The van der Waals surface area contributed by atoms with E-state index < -0.39 is 18.1 Å². The van der Waals surface area contributed by atoms with E-state index in [1.165, 1.54) is 11.1 Å². The van der Waals surface area contributed by atoms with Gasteiger partial charge in [-0.25, -0.2) is 9.59 Å². The lowest BCUT2D eigenvalue weighted by atomic mass is 9.98. The van der Waals surface area contributed by atoms with Crippen molar-refractivity contribution in [3.63, 3.8) is 0 Å². The maximum absolute atomic E-state index is 12.3. The summed E-state index contributed by atoms with van der Waals surface area (Å²) in [5.74, 6) is -0.467. The van der Waals surface area contributed by atoms with Crippen molar-refractivity contribution in [1.82, 2.24) is 5.32 Å². The molecule has 0 saturated heterocycles. The largest absolute Gasteiger partial charge is 0.464 e. The molecule has 1 amide bonds. The molecular weight excluding hydrogens is 380 g/mol. The van der Waals surface area contributed by atoms with E-state index in [9.17, 15) is 9.59 Å². The van der Waals surface area contributed by atoms with Crippen molar-refractivity contribution in [2.75, 3.05) is 40.9 Å². The number of fused-ring (bicyclic) bond motifs is 3. The van der Waals surface area contributed by atoms with Crippen molar-refractivity contribution in [2.24, 2.45) is 0 Å². The molecule has 6 heteroatoms. The number of alkyl carbamates (subject to hydrolysis) is 1. The normalized spacial score (nSPS) is 13.9. The zero-order chi connectivity index (χ0) is 21.7. The average Bonchev–Trinajstić information content (AvgIpc) is 3.02. The molecule has 0 saturated carbocycles. The number of nitrogens with zero attached hydrogens (tertiary/aromatic N) is 1. The van der Waals surface area contributed by atoms with Crippen LogP contribution in [0.25, 0.3) is 11.1 Å². The van der Waals surface area contributed by atoms with Gasteiger partial charge in [0.2, 0.25) is 0 Å². The maximum atomic E-state index is 12.3. The number of benzene rings is 2. The summed E-state index contributed by atoms with van der Waals surface area (Å²) in [6.45, 7) is 3.06. The first-order chi connectivity index (χ1) is 14.3. The minimum Gasteiger partial charge on any atom is -0.464 e. The lowest BCUT2D eigenvalue weighted by Crippen LogP contribution is -2.41. The molecule has 0 radical (unpaired) electrons. The second-order valence-corrected chi connectivity index (χ2v) is 8.73. The van der Waals surface area contributed by atoms with Gasteiger partial charge in [-0.15, -0.1) is 0 Å². The number of carbonyl (C=O) groups is 2. The molecule has 0 heterocycles. The standard InChI is InChI=1S/C24H30N2O4/c1-17(23(27)29-15-9-14-26(2,3)4)25-24(28)30-16-22-20-12-7-5-10-18(20)19-11-6-8-13-21(19)22/h5-8,10-13,17,22H,9,14-16H2,1-4H3/p+1. The SMILES string of the molecule is CC(NC(=O)OCC1c2ccccc2-c2ccccc21)C(=O)OCCC[N+](C)(C)C. The Morgan fingerprint density at radius 2 is 1.53 bits per heavy atom. The van der Waals surface area contributed by atoms with E-state index in [1.54, 1.807) is 6.92 Å². The second kappa shape index (κ2) is 9.30. The number of quaternary nitrogens is 1. The number of ether oxygens (including phenoxy) is 2. The Kier molecular flexibility index (Phi) is 6.77. The number of hydrogen-bond acceptors (Lipinski definition) is 4. The molecule has 1 aliphatic rings. The van der Waals surface area contributed by atoms with Gasteiger partial charge in [0.15, 0.2) is 0 Å². The Morgan fingerprint density at radius 3 is 2.10 bits per heavy atom. The molecular formula is C24H31N2O4+. The topological polar surface area (TPSA) is 64.6 Å². The van der Waals surface area contributed by atoms with Crippen LogP contribution in [0.1, 0.15) is 30.4 Å². The van der Waals surface area contributed by atoms with Gasteiger partial charge in [-0.1, -0.05) is 48.5 Å². The van der Waals surface area contributed by atoms with Crippen LogP contribution < -0.4 is 5.32 Å². The van der Waals surface area contributed by atoms with Crippen molar-refractivity contribution in [1.29, 1.82) is 0 Å². The van der Waals surface area contributed by atoms with Gasteiger partial charge in [0, 0.05) is 12.3 Å². The lowest BCUT2D eigenvalue weighted by molar-refractivity contribution is -0.870. The van der Waals surface area contributed by atoms with Gasteiger partial charge in [-0.2, -0.15) is 0 Å². The molecule has 1 atom stereocenters. The highest BCUT2D eigenvalue weighted by Crippen LogP contribution is 2.44. The zero-order valence-electron chi connectivity index (χ0n) is 18.2. The molecule has 0 fully saturated rings. The number of carbonyl (C=O) groups excluding carboxylic acids is 2. The van der Waals surface area contributed by atoms with Crippen LogP contribution in [0.3, 0.4) is 0 Å². The summed E-state index contributed by atoms with van der Waals surface area (Å²) < 4.78 is 11.5. The highest BCUT2D eigenvalue weighted by molar-refractivity contribution is 5.81. The van der Waals surface area contributed by atoms with E-state index in [0.717, 1.165) is 28.6 Å². The van der Waals surface area contributed by atoms with Crippen LogP contribution in [-0.4, -0.2) is 63.5 Å². The first-order valence-corrected chi connectivity index (χ1v) is 10.3. The molecule has 0 spiro atoms. The van der Waals surface area contributed by atoms with Gasteiger partial charge >= 0.3 is 12.1 Å². The molecule has 0 aliphatic heterocycles. The van der Waals surface area contributed by atoms with E-state index in [2.05, 4.69) is 50.7 Å². The Bertz CT molecular complexity index is 859. The third-order valence-corrected chi connectivity index (χ3v) is 5.25. The number of rotatable bonds is 8. The van der Waals surface area contributed by atoms with Crippen molar-refractivity contribution in [3.05, 3.63) is 59.7 Å². The lowest BCUT2D eigenvalue weighted by Gasteiger charge is -2.23. The highest BCUT2D eigenvalue weighted by Gasteiger charge is 2.29. The van der Waals surface area contributed by atoms with Crippen LogP contribution in [0.4, 0.5) is 4.79 Å². The minimum absolute atomic E-state index is 0.0130. The summed E-state index contributed by atoms with van der Waals surface area (Å²) in [7, 11) is 6.26. The van der Waals surface area contributed by atoms with E-state index in [-0.39, 0.29) is 12.5 Å². The predicted molar refractivity (Wildman–Crippen MR) is 116 cm³/mol. The Morgan fingerprint density at radius 1 is 0.967 bits per heavy atom. The summed E-state index contributed by atoms with van der Waals surface area (Å²) in [6, 6.07) is 15.6. The third kappa shape index (κ3) is 5.39. The fraction of sp³-hybridized carbons (Fsp3) is 0.417. The number of esters is 1. The Labute approximate surface area is 178 Å². The fourth-order valence-electron chi connectivity index (χ4n) is 3.71. The molecule has 0 aromatic heterocycles.